The highest BCUT2D eigenvalue weighted by molar-refractivity contribution is 5.89. The van der Waals surface area contributed by atoms with E-state index in [0.717, 1.165) is 53.2 Å². The molecule has 0 atom stereocenters. The van der Waals surface area contributed by atoms with Gasteiger partial charge in [-0.2, -0.15) is 9.61 Å². The monoisotopic (exact) mass is 412 g/mol. The molecular formula is C23H29ClN4O. The van der Waals surface area contributed by atoms with Crippen LogP contribution in [0.4, 0.5) is 0 Å². The summed E-state index contributed by atoms with van der Waals surface area (Å²) in [5.74, 6) is 0. The van der Waals surface area contributed by atoms with Gasteiger partial charge in [0.05, 0.1) is 17.0 Å². The smallest absolute Gasteiger partial charge is 0.165 e. The third-order valence-corrected chi connectivity index (χ3v) is 5.51. The topological polar surface area (TPSA) is 44.3 Å². The van der Waals surface area contributed by atoms with Gasteiger partial charge >= 0.3 is 0 Å². The first-order valence-corrected chi connectivity index (χ1v) is 9.84. The number of halogens is 1. The Labute approximate surface area is 178 Å². The van der Waals surface area contributed by atoms with E-state index < -0.39 is 0 Å². The van der Waals surface area contributed by atoms with Crippen LogP contribution in [0.15, 0.2) is 24.4 Å². The summed E-state index contributed by atoms with van der Waals surface area (Å²) in [4.78, 5) is 4.98. The van der Waals surface area contributed by atoms with Crippen LogP contribution < -0.4 is 0 Å². The van der Waals surface area contributed by atoms with E-state index in [0.29, 0.717) is 0 Å². The summed E-state index contributed by atoms with van der Waals surface area (Å²) in [6.07, 6.45) is 3.10. The zero-order valence-electron chi connectivity index (χ0n) is 18.0. The molecule has 0 radical (unpaired) electrons. The van der Waals surface area contributed by atoms with E-state index in [4.69, 9.17) is 14.8 Å². The van der Waals surface area contributed by atoms with Crippen LogP contribution in [0.25, 0.3) is 27.8 Å². The second kappa shape index (κ2) is 8.17. The van der Waals surface area contributed by atoms with E-state index in [1.807, 2.05) is 4.52 Å². The first-order chi connectivity index (χ1) is 13.4. The van der Waals surface area contributed by atoms with Crippen molar-refractivity contribution in [3.8, 4) is 11.1 Å². The minimum Gasteiger partial charge on any atom is -0.385 e. The number of aromatic nitrogens is 4. The number of aryl methyl sites for hydroxylation is 6. The van der Waals surface area contributed by atoms with E-state index in [1.165, 1.54) is 22.3 Å². The maximum atomic E-state index is 5.23. The van der Waals surface area contributed by atoms with Crippen LogP contribution in [0.1, 0.15) is 34.5 Å². The summed E-state index contributed by atoms with van der Waals surface area (Å²) in [5, 5.41) is 6.08. The fraction of sp³-hybridized carbons (Fsp3) is 0.391. The fourth-order valence-electron chi connectivity index (χ4n) is 4.39. The molecule has 5 nitrogen and oxygen atoms in total. The molecular weight excluding hydrogens is 384 g/mol. The Morgan fingerprint density at radius 2 is 1.66 bits per heavy atom. The quantitative estimate of drug-likeness (QED) is 0.415. The molecule has 0 unspecified atom stereocenters. The lowest BCUT2D eigenvalue weighted by Gasteiger charge is -2.12. The summed E-state index contributed by atoms with van der Waals surface area (Å²) in [7, 11) is 1.75. The van der Waals surface area contributed by atoms with Crippen molar-refractivity contribution in [3.63, 3.8) is 0 Å². The van der Waals surface area contributed by atoms with Gasteiger partial charge in [0.2, 0.25) is 0 Å². The van der Waals surface area contributed by atoms with E-state index in [2.05, 4.69) is 63.6 Å². The number of ether oxygens (including phenoxy) is 1. The first kappa shape index (κ1) is 21.3. The van der Waals surface area contributed by atoms with Crippen molar-refractivity contribution in [2.45, 2.75) is 47.6 Å². The van der Waals surface area contributed by atoms with Gasteiger partial charge in [-0.05, 0) is 63.8 Å². The van der Waals surface area contributed by atoms with Crippen molar-refractivity contribution in [2.24, 2.45) is 0 Å². The average Bonchev–Trinajstić information content (AvgIpc) is 3.17. The molecule has 4 rings (SSSR count). The Bertz CT molecular complexity index is 1170. The molecule has 154 valence electrons. The van der Waals surface area contributed by atoms with Crippen molar-refractivity contribution in [2.75, 3.05) is 13.7 Å². The van der Waals surface area contributed by atoms with Gasteiger partial charge in [0, 0.05) is 31.8 Å². The summed E-state index contributed by atoms with van der Waals surface area (Å²) in [5.41, 5.74) is 10.3. The summed E-state index contributed by atoms with van der Waals surface area (Å²) in [6.45, 7) is 12.3. The average molecular weight is 413 g/mol. The zero-order valence-corrected chi connectivity index (χ0v) is 18.9. The van der Waals surface area contributed by atoms with Crippen LogP contribution in [0.5, 0.6) is 0 Å². The van der Waals surface area contributed by atoms with Crippen LogP contribution in [-0.4, -0.2) is 32.9 Å². The van der Waals surface area contributed by atoms with Gasteiger partial charge in [-0.1, -0.05) is 17.7 Å². The second-order valence-electron chi connectivity index (χ2n) is 7.76. The molecule has 0 saturated carbocycles. The van der Waals surface area contributed by atoms with Gasteiger partial charge in [0.15, 0.2) is 5.65 Å². The van der Waals surface area contributed by atoms with Gasteiger partial charge in [0.25, 0.3) is 0 Å². The molecule has 1 aromatic carbocycles. The molecule has 0 aliphatic rings. The van der Waals surface area contributed by atoms with Crippen LogP contribution in [0.2, 0.25) is 0 Å². The lowest BCUT2D eigenvalue weighted by atomic mass is 9.94. The summed E-state index contributed by atoms with van der Waals surface area (Å²) < 4.78 is 9.52. The highest BCUT2D eigenvalue weighted by atomic mass is 35.5. The molecule has 0 aliphatic heterocycles. The first-order valence-electron chi connectivity index (χ1n) is 9.84. The second-order valence-corrected chi connectivity index (χ2v) is 7.76. The molecule has 3 aromatic heterocycles. The van der Waals surface area contributed by atoms with Crippen molar-refractivity contribution < 1.29 is 4.74 Å². The Morgan fingerprint density at radius 3 is 2.31 bits per heavy atom. The summed E-state index contributed by atoms with van der Waals surface area (Å²) in [6, 6.07) is 6.62. The molecule has 0 fully saturated rings. The molecule has 3 heterocycles. The molecule has 4 aromatic rings. The predicted octanol–water partition coefficient (Wildman–Crippen LogP) is 5.35. The molecule has 0 aliphatic carbocycles. The Kier molecular flexibility index (Phi) is 6.01. The summed E-state index contributed by atoms with van der Waals surface area (Å²) >= 11 is 0. The van der Waals surface area contributed by atoms with Crippen LogP contribution >= 0.6 is 12.4 Å². The minimum atomic E-state index is 0. The van der Waals surface area contributed by atoms with Crippen molar-refractivity contribution >= 4 is 29.1 Å². The standard InChI is InChI=1S/C23H28N4O.ClH/c1-14-12-15(2)20(16(3)13-14)21-18(5)25-27-22(21)24-17(4)19-8-10-26(23(19)27)9-7-11-28-6;/h8,10,12-13H,7,9,11H2,1-6H3;1H. The molecule has 0 saturated heterocycles. The number of nitrogens with zero attached hydrogens (tertiary/aromatic N) is 4. The third-order valence-electron chi connectivity index (χ3n) is 5.51. The van der Waals surface area contributed by atoms with Gasteiger partial charge in [0.1, 0.15) is 5.65 Å². The number of benzene rings is 1. The van der Waals surface area contributed by atoms with E-state index in [1.54, 1.807) is 7.11 Å². The van der Waals surface area contributed by atoms with Gasteiger partial charge < -0.3 is 9.30 Å². The van der Waals surface area contributed by atoms with Crippen molar-refractivity contribution in [1.82, 2.24) is 19.2 Å². The molecule has 29 heavy (non-hydrogen) atoms. The zero-order chi connectivity index (χ0) is 20.0. The number of fused-ring (bicyclic) bond motifs is 3. The lowest BCUT2D eigenvalue weighted by molar-refractivity contribution is 0.190. The normalized spacial score (nSPS) is 11.4. The molecule has 0 N–H and O–H groups in total. The molecule has 0 spiro atoms. The Morgan fingerprint density at radius 1 is 0.966 bits per heavy atom. The Balaban J connectivity index is 0.00000240. The maximum Gasteiger partial charge on any atom is 0.165 e. The highest BCUT2D eigenvalue weighted by Gasteiger charge is 2.20. The van der Waals surface area contributed by atoms with Gasteiger partial charge in [-0.15, -0.1) is 12.4 Å². The molecule has 6 heteroatoms. The van der Waals surface area contributed by atoms with Crippen molar-refractivity contribution in [1.29, 1.82) is 0 Å². The third kappa shape index (κ3) is 3.53. The largest absolute Gasteiger partial charge is 0.385 e. The number of methoxy groups -OCH3 is 1. The Hall–Kier alpha value is -2.37. The van der Waals surface area contributed by atoms with Crippen molar-refractivity contribution in [3.05, 3.63) is 52.5 Å². The predicted molar refractivity (Wildman–Crippen MR) is 121 cm³/mol. The highest BCUT2D eigenvalue weighted by Crippen LogP contribution is 2.35. The van der Waals surface area contributed by atoms with Gasteiger partial charge in [-0.3, -0.25) is 0 Å². The van der Waals surface area contributed by atoms with Crippen LogP contribution in [0, 0.1) is 34.6 Å². The van der Waals surface area contributed by atoms with E-state index in [-0.39, 0.29) is 12.4 Å². The minimum absolute atomic E-state index is 0. The maximum absolute atomic E-state index is 5.23. The molecule has 0 bridgehead atoms. The SMILES string of the molecule is COCCCn1ccc2c(C)nc3c(-c4c(C)cc(C)cc4C)c(C)nn3c21.Cl. The van der Waals surface area contributed by atoms with Crippen LogP contribution in [-0.2, 0) is 11.3 Å². The number of hydrogen-bond donors (Lipinski definition) is 0. The van der Waals surface area contributed by atoms with Crippen LogP contribution in [0.3, 0.4) is 0 Å². The lowest BCUT2D eigenvalue weighted by Crippen LogP contribution is -2.05. The fourth-order valence-corrected chi connectivity index (χ4v) is 4.39. The number of rotatable bonds is 5. The molecule has 0 amide bonds. The number of hydrogen-bond acceptors (Lipinski definition) is 3. The van der Waals surface area contributed by atoms with E-state index >= 15 is 0 Å². The van der Waals surface area contributed by atoms with E-state index in [9.17, 15) is 0 Å². The van der Waals surface area contributed by atoms with Gasteiger partial charge in [-0.25, -0.2) is 4.98 Å².